The fourth-order valence-corrected chi connectivity index (χ4v) is 2.69. The number of benzene rings is 2. The average molecular weight is 355 g/mol. The fourth-order valence-electron chi connectivity index (χ4n) is 2.69. The monoisotopic (exact) mass is 355 g/mol. The van der Waals surface area contributed by atoms with Crippen LogP contribution in [0.3, 0.4) is 0 Å². The van der Waals surface area contributed by atoms with Crippen molar-refractivity contribution in [1.82, 2.24) is 0 Å². The summed E-state index contributed by atoms with van der Waals surface area (Å²) in [4.78, 5) is 25.3. The molecule has 2 aromatic rings. The van der Waals surface area contributed by atoms with Crippen LogP contribution >= 0.6 is 0 Å². The second-order valence-electron chi connectivity index (χ2n) is 5.57. The first-order chi connectivity index (χ1) is 12.5. The van der Waals surface area contributed by atoms with E-state index < -0.39 is 23.3 Å². The number of anilines is 1. The van der Waals surface area contributed by atoms with E-state index in [9.17, 15) is 19.3 Å². The van der Waals surface area contributed by atoms with Crippen molar-refractivity contribution in [3.8, 4) is 0 Å². The van der Waals surface area contributed by atoms with Crippen LogP contribution in [0.5, 0.6) is 0 Å². The van der Waals surface area contributed by atoms with Crippen LogP contribution in [0.1, 0.15) is 17.5 Å². The Morgan fingerprint density at radius 3 is 2.73 bits per heavy atom. The Labute approximate surface area is 147 Å². The van der Waals surface area contributed by atoms with Crippen molar-refractivity contribution >= 4 is 28.8 Å². The third kappa shape index (κ3) is 3.59. The molecule has 0 radical (unpaired) electrons. The third-order valence-electron chi connectivity index (χ3n) is 3.85. The molecule has 2 N–H and O–H groups in total. The summed E-state index contributed by atoms with van der Waals surface area (Å²) in [5.41, 5.74) is 1.60. The highest BCUT2D eigenvalue weighted by molar-refractivity contribution is 6.04. The molecule has 0 bridgehead atoms. The molecule has 0 unspecified atom stereocenters. The molecule has 132 valence electrons. The number of amidine groups is 1. The standard InChI is InChI=1S/C18H14FN3O4/c19-15-4-2-1-3-13(15)12-6-8-17(20-10-18(23)24)21-16-7-5-11(22(25)26)9-14(12)16/h1-7,9H,8,10H2,(H,20,21)(H,23,24). The van der Waals surface area contributed by atoms with Gasteiger partial charge in [-0.25, -0.2) is 4.39 Å². The van der Waals surface area contributed by atoms with E-state index in [-0.39, 0.29) is 12.1 Å². The molecule has 7 nitrogen and oxygen atoms in total. The second-order valence-corrected chi connectivity index (χ2v) is 5.57. The molecule has 0 saturated heterocycles. The summed E-state index contributed by atoms with van der Waals surface area (Å²) in [6, 6.07) is 10.3. The minimum Gasteiger partial charge on any atom is -0.480 e. The van der Waals surface area contributed by atoms with Crippen LogP contribution in [0.25, 0.3) is 5.57 Å². The predicted molar refractivity (Wildman–Crippen MR) is 94.8 cm³/mol. The molecule has 0 amide bonds. The smallest absolute Gasteiger partial charge is 0.325 e. The van der Waals surface area contributed by atoms with Crippen LogP contribution in [-0.2, 0) is 4.79 Å². The van der Waals surface area contributed by atoms with Crippen LogP contribution in [0.15, 0.2) is 53.5 Å². The quantitative estimate of drug-likeness (QED) is 0.645. The zero-order valence-electron chi connectivity index (χ0n) is 13.5. The van der Waals surface area contributed by atoms with Crippen LogP contribution in [-0.4, -0.2) is 28.4 Å². The van der Waals surface area contributed by atoms with Gasteiger partial charge < -0.3 is 10.4 Å². The Bertz CT molecular complexity index is 953. The van der Waals surface area contributed by atoms with Gasteiger partial charge in [0.05, 0.1) is 4.92 Å². The Hall–Kier alpha value is -3.55. The maximum absolute atomic E-state index is 14.3. The van der Waals surface area contributed by atoms with Crippen LogP contribution in [0, 0.1) is 15.9 Å². The molecule has 0 aliphatic carbocycles. The van der Waals surface area contributed by atoms with Crippen molar-refractivity contribution in [2.45, 2.75) is 6.42 Å². The van der Waals surface area contributed by atoms with E-state index in [1.54, 1.807) is 24.3 Å². The largest absolute Gasteiger partial charge is 0.480 e. The number of nitrogens with zero attached hydrogens (tertiary/aromatic N) is 2. The number of aliphatic imine (C=N–C) groups is 1. The highest BCUT2D eigenvalue weighted by Crippen LogP contribution is 2.35. The number of hydrogen-bond acceptors (Lipinski definition) is 4. The fraction of sp³-hybridized carbons (Fsp3) is 0.111. The molecule has 3 rings (SSSR count). The number of halogens is 1. The highest BCUT2D eigenvalue weighted by Gasteiger charge is 2.21. The first-order valence-corrected chi connectivity index (χ1v) is 7.71. The normalized spacial score (nSPS) is 14.8. The van der Waals surface area contributed by atoms with Crippen molar-refractivity contribution < 1.29 is 19.2 Å². The topological polar surface area (TPSA) is 105 Å². The van der Waals surface area contributed by atoms with Gasteiger partial charge in [-0.3, -0.25) is 19.9 Å². The summed E-state index contributed by atoms with van der Waals surface area (Å²) in [7, 11) is 0. The number of non-ortho nitro benzene ring substituents is 1. The number of carbonyl (C=O) groups is 1. The molecule has 0 saturated carbocycles. The number of nitro benzene ring substituents is 1. The van der Waals surface area contributed by atoms with E-state index in [0.29, 0.717) is 28.2 Å². The predicted octanol–water partition coefficient (Wildman–Crippen LogP) is 3.46. The zero-order chi connectivity index (χ0) is 18.7. The molecule has 8 heteroatoms. The second kappa shape index (κ2) is 7.14. The van der Waals surface area contributed by atoms with E-state index in [1.807, 2.05) is 0 Å². The van der Waals surface area contributed by atoms with Gasteiger partial charge in [0.2, 0.25) is 0 Å². The maximum Gasteiger partial charge on any atom is 0.325 e. The van der Waals surface area contributed by atoms with Crippen LogP contribution in [0.2, 0.25) is 0 Å². The molecule has 26 heavy (non-hydrogen) atoms. The lowest BCUT2D eigenvalue weighted by atomic mass is 9.95. The number of carboxylic acids is 1. The first kappa shape index (κ1) is 17.3. The molecule has 1 aliphatic heterocycles. The molecule has 0 spiro atoms. The molecule has 1 heterocycles. The number of rotatable bonds is 4. The molecule has 1 aliphatic rings. The lowest BCUT2D eigenvalue weighted by Crippen LogP contribution is -2.13. The van der Waals surface area contributed by atoms with Gasteiger partial charge in [-0.15, -0.1) is 0 Å². The lowest BCUT2D eigenvalue weighted by Gasteiger charge is -2.12. The number of hydrogen-bond donors (Lipinski definition) is 2. The van der Waals surface area contributed by atoms with Gasteiger partial charge in [0.15, 0.2) is 0 Å². The average Bonchev–Trinajstić information content (AvgIpc) is 2.79. The van der Waals surface area contributed by atoms with Gasteiger partial charge >= 0.3 is 5.97 Å². The summed E-state index contributed by atoms with van der Waals surface area (Å²) in [5, 5.41) is 22.9. The van der Waals surface area contributed by atoms with Gasteiger partial charge in [-0.1, -0.05) is 24.3 Å². The van der Waals surface area contributed by atoms with E-state index in [0.717, 1.165) is 0 Å². The summed E-state index contributed by atoms with van der Waals surface area (Å²) >= 11 is 0. The van der Waals surface area contributed by atoms with E-state index in [4.69, 9.17) is 5.11 Å². The van der Waals surface area contributed by atoms with Gasteiger partial charge in [0.1, 0.15) is 18.2 Å². The molecule has 0 aromatic heterocycles. The van der Waals surface area contributed by atoms with E-state index in [1.165, 1.54) is 24.3 Å². The van der Waals surface area contributed by atoms with Gasteiger partial charge in [0.25, 0.3) is 5.69 Å². The minimum absolute atomic E-state index is 0.126. The molecule has 0 atom stereocenters. The number of aliphatic carboxylic acids is 1. The van der Waals surface area contributed by atoms with Crippen LogP contribution < -0.4 is 5.32 Å². The molecular weight excluding hydrogens is 341 g/mol. The van der Waals surface area contributed by atoms with E-state index in [2.05, 4.69) is 10.3 Å². The lowest BCUT2D eigenvalue weighted by molar-refractivity contribution is -0.384. The molecule has 2 aromatic carbocycles. The Morgan fingerprint density at radius 2 is 2.04 bits per heavy atom. The Morgan fingerprint density at radius 1 is 1.27 bits per heavy atom. The van der Waals surface area contributed by atoms with Gasteiger partial charge in [-0.2, -0.15) is 0 Å². The van der Waals surface area contributed by atoms with Crippen molar-refractivity contribution in [1.29, 1.82) is 0 Å². The van der Waals surface area contributed by atoms with Crippen molar-refractivity contribution in [2.75, 3.05) is 11.9 Å². The number of fused-ring (bicyclic) bond motifs is 1. The third-order valence-corrected chi connectivity index (χ3v) is 3.85. The number of nitrogens with one attached hydrogen (secondary N) is 1. The van der Waals surface area contributed by atoms with Crippen molar-refractivity contribution in [2.24, 2.45) is 4.99 Å². The van der Waals surface area contributed by atoms with Crippen LogP contribution in [0.4, 0.5) is 15.8 Å². The Kier molecular flexibility index (Phi) is 4.74. The summed E-state index contributed by atoms with van der Waals surface area (Å²) in [6.45, 7) is -0.409. The summed E-state index contributed by atoms with van der Waals surface area (Å²) in [6.07, 6.45) is 1.92. The van der Waals surface area contributed by atoms with E-state index >= 15 is 0 Å². The van der Waals surface area contributed by atoms with Gasteiger partial charge in [-0.05, 0) is 17.7 Å². The first-order valence-electron chi connectivity index (χ1n) is 7.71. The SMILES string of the molecule is O=C(O)CN=C1CC=C(c2ccccc2F)c2cc([N+](=O)[O-])ccc2N1. The number of nitro groups is 1. The van der Waals surface area contributed by atoms with Crippen molar-refractivity contribution in [3.05, 3.63) is 75.6 Å². The summed E-state index contributed by atoms with van der Waals surface area (Å²) in [5.74, 6) is -1.15. The highest BCUT2D eigenvalue weighted by atomic mass is 19.1. The zero-order valence-corrected chi connectivity index (χ0v) is 13.5. The minimum atomic E-state index is -1.08. The molecule has 0 fully saturated rings. The summed E-state index contributed by atoms with van der Waals surface area (Å²) < 4.78 is 14.3. The Balaban J connectivity index is 2.15. The molecular formula is C18H14FN3O4. The number of carboxylic acid groups (broad SMARTS) is 1. The van der Waals surface area contributed by atoms with Crippen molar-refractivity contribution in [3.63, 3.8) is 0 Å². The maximum atomic E-state index is 14.3. The van der Waals surface area contributed by atoms with Gasteiger partial charge in [0, 0.05) is 35.4 Å².